The van der Waals surface area contributed by atoms with Gasteiger partial charge in [0.1, 0.15) is 17.9 Å². The smallest absolute Gasteiger partial charge is 0.255 e. The van der Waals surface area contributed by atoms with Gasteiger partial charge in [0.2, 0.25) is 11.8 Å². The second-order valence-corrected chi connectivity index (χ2v) is 9.13. The van der Waals surface area contributed by atoms with Gasteiger partial charge in [-0.1, -0.05) is 19.1 Å². The Labute approximate surface area is 193 Å². The number of ether oxygens (including phenoxy) is 1. The molecule has 1 saturated carbocycles. The summed E-state index contributed by atoms with van der Waals surface area (Å²) in [4.78, 5) is 40.5. The molecule has 0 aromatic heterocycles. The zero-order chi connectivity index (χ0) is 23.5. The van der Waals surface area contributed by atoms with Gasteiger partial charge in [-0.25, -0.2) is 0 Å². The minimum absolute atomic E-state index is 0.0181. The van der Waals surface area contributed by atoms with Crippen LogP contribution in [0, 0.1) is 0 Å². The molecule has 4 rings (SSSR count). The van der Waals surface area contributed by atoms with Crippen LogP contribution < -0.4 is 10.1 Å². The Kier molecular flexibility index (Phi) is 7.12. The maximum absolute atomic E-state index is 12.9. The second kappa shape index (κ2) is 10.0. The van der Waals surface area contributed by atoms with Crippen LogP contribution in [0.25, 0.3) is 0 Å². The highest BCUT2D eigenvalue weighted by Crippen LogP contribution is 2.33. The van der Waals surface area contributed by atoms with Gasteiger partial charge in [0, 0.05) is 31.1 Å². The van der Waals surface area contributed by atoms with Crippen LogP contribution in [0.4, 0.5) is 4.39 Å². The first-order chi connectivity index (χ1) is 15.9. The highest BCUT2D eigenvalue weighted by atomic mass is 19.1. The number of hydrogen-bond donors (Lipinski definition) is 1. The summed E-state index contributed by atoms with van der Waals surface area (Å²) < 4.78 is 19.1. The van der Waals surface area contributed by atoms with Gasteiger partial charge in [0.15, 0.2) is 0 Å². The van der Waals surface area contributed by atoms with Crippen LogP contribution in [0.5, 0.6) is 5.75 Å². The lowest BCUT2D eigenvalue weighted by Gasteiger charge is -2.33. The zero-order valence-corrected chi connectivity index (χ0v) is 19.1. The molecule has 1 N–H and O–H groups in total. The summed E-state index contributed by atoms with van der Waals surface area (Å²) in [6, 6.07) is 5.09. The molecule has 0 radical (unpaired) electrons. The van der Waals surface area contributed by atoms with Crippen LogP contribution in [0.1, 0.15) is 61.4 Å². The normalized spacial score (nSPS) is 24.9. The fourth-order valence-corrected chi connectivity index (χ4v) is 5.22. The summed E-state index contributed by atoms with van der Waals surface area (Å²) in [7, 11) is 0. The van der Waals surface area contributed by atoms with Crippen molar-refractivity contribution in [3.8, 4) is 5.75 Å². The predicted molar refractivity (Wildman–Crippen MR) is 122 cm³/mol. The molecule has 1 aromatic carbocycles. The molecule has 1 saturated heterocycles. The van der Waals surface area contributed by atoms with E-state index in [1.165, 1.54) is 0 Å². The number of nitrogens with one attached hydrogen (secondary N) is 1. The van der Waals surface area contributed by atoms with Crippen molar-refractivity contribution in [3.63, 3.8) is 0 Å². The van der Waals surface area contributed by atoms with Crippen molar-refractivity contribution in [2.45, 2.75) is 70.2 Å². The SMILES string of the molecule is C=C(CCF)CN(CC)[C@@H]1CCC[C@H]1Oc1ccc2c(c1)CN(C1CCC(=O)NC1=O)C2=O. The third-order valence-electron chi connectivity index (χ3n) is 6.95. The number of carbonyl (C=O) groups excluding carboxylic acids is 3. The third-order valence-corrected chi connectivity index (χ3v) is 6.95. The number of fused-ring (bicyclic) bond motifs is 1. The van der Waals surface area contributed by atoms with Crippen LogP contribution in [-0.2, 0) is 16.1 Å². The highest BCUT2D eigenvalue weighted by molar-refractivity contribution is 6.05. The Balaban J connectivity index is 1.44. The maximum atomic E-state index is 12.9. The molecule has 3 amide bonds. The molecule has 33 heavy (non-hydrogen) atoms. The molecule has 0 bridgehead atoms. The summed E-state index contributed by atoms with van der Waals surface area (Å²) in [6.07, 6.45) is 4.01. The molecule has 2 fully saturated rings. The molecule has 3 aliphatic rings. The lowest BCUT2D eigenvalue weighted by atomic mass is 10.0. The molecule has 1 aromatic rings. The molecule has 1 aliphatic carbocycles. The standard InChI is InChI=1S/C25H32FN3O4/c1-3-28(14-16(2)11-12-26)20-5-4-6-22(20)33-18-7-8-19-17(13-18)15-29(25(19)32)21-9-10-23(30)27-24(21)31/h7-8,13,20-22H,2-6,9-12,14-15H2,1H3,(H,27,30,31)/t20-,21?,22-/m1/s1. The van der Waals surface area contributed by atoms with E-state index in [1.807, 2.05) is 12.1 Å². The number of carbonyl (C=O) groups is 3. The van der Waals surface area contributed by atoms with E-state index in [0.717, 1.165) is 36.9 Å². The van der Waals surface area contributed by atoms with Crippen LogP contribution in [0.15, 0.2) is 30.4 Å². The maximum Gasteiger partial charge on any atom is 0.255 e. The number of benzene rings is 1. The summed E-state index contributed by atoms with van der Waals surface area (Å²) in [5.74, 6) is -0.182. The number of likely N-dealkylation sites (N-methyl/N-ethyl adjacent to an activating group) is 1. The first kappa shape index (κ1) is 23.4. The van der Waals surface area contributed by atoms with Crippen molar-refractivity contribution in [1.82, 2.24) is 15.1 Å². The first-order valence-electron chi connectivity index (χ1n) is 11.8. The van der Waals surface area contributed by atoms with E-state index in [0.29, 0.717) is 37.2 Å². The number of nitrogens with zero attached hydrogens (tertiary/aromatic N) is 2. The molecule has 3 atom stereocenters. The molecule has 0 spiro atoms. The molecular formula is C25H32FN3O4. The molecule has 178 valence electrons. The van der Waals surface area contributed by atoms with Gasteiger partial charge in [-0.2, -0.15) is 0 Å². The average Bonchev–Trinajstić information content (AvgIpc) is 3.36. The molecule has 1 unspecified atom stereocenters. The van der Waals surface area contributed by atoms with Gasteiger partial charge in [0.05, 0.1) is 6.67 Å². The van der Waals surface area contributed by atoms with Gasteiger partial charge in [0.25, 0.3) is 5.91 Å². The monoisotopic (exact) mass is 457 g/mol. The Morgan fingerprint density at radius 1 is 1.27 bits per heavy atom. The molecule has 2 aliphatic heterocycles. The second-order valence-electron chi connectivity index (χ2n) is 9.13. The van der Waals surface area contributed by atoms with Gasteiger partial charge in [-0.3, -0.25) is 29.0 Å². The van der Waals surface area contributed by atoms with E-state index in [-0.39, 0.29) is 37.1 Å². The van der Waals surface area contributed by atoms with E-state index in [1.54, 1.807) is 11.0 Å². The number of amides is 3. The lowest BCUT2D eigenvalue weighted by Crippen LogP contribution is -2.52. The summed E-state index contributed by atoms with van der Waals surface area (Å²) in [6.45, 7) is 7.57. The third kappa shape index (κ3) is 4.95. The van der Waals surface area contributed by atoms with Gasteiger partial charge in [-0.15, -0.1) is 0 Å². The highest BCUT2D eigenvalue weighted by Gasteiger charge is 2.39. The minimum atomic E-state index is -0.623. The number of piperidine rings is 1. The lowest BCUT2D eigenvalue weighted by molar-refractivity contribution is -0.136. The zero-order valence-electron chi connectivity index (χ0n) is 19.1. The Morgan fingerprint density at radius 3 is 2.82 bits per heavy atom. The number of hydrogen-bond acceptors (Lipinski definition) is 5. The van der Waals surface area contributed by atoms with Gasteiger partial charge < -0.3 is 9.64 Å². The van der Waals surface area contributed by atoms with Crippen molar-refractivity contribution < 1.29 is 23.5 Å². The van der Waals surface area contributed by atoms with Crippen molar-refractivity contribution in [1.29, 1.82) is 0 Å². The van der Waals surface area contributed by atoms with Gasteiger partial charge >= 0.3 is 0 Å². The summed E-state index contributed by atoms with van der Waals surface area (Å²) >= 11 is 0. The summed E-state index contributed by atoms with van der Waals surface area (Å²) in [5, 5.41) is 2.33. The Bertz CT molecular complexity index is 950. The van der Waals surface area contributed by atoms with E-state index in [9.17, 15) is 18.8 Å². The first-order valence-corrected chi connectivity index (χ1v) is 11.8. The van der Waals surface area contributed by atoms with Crippen LogP contribution >= 0.6 is 0 Å². The van der Waals surface area contributed by atoms with Gasteiger partial charge in [-0.05, 0) is 62.4 Å². The summed E-state index contributed by atoms with van der Waals surface area (Å²) in [5.41, 5.74) is 2.31. The minimum Gasteiger partial charge on any atom is -0.489 e. The van der Waals surface area contributed by atoms with Crippen LogP contribution in [0.2, 0.25) is 0 Å². The topological polar surface area (TPSA) is 79.0 Å². The number of rotatable bonds is 9. The molecular weight excluding hydrogens is 425 g/mol. The quantitative estimate of drug-likeness (QED) is 0.456. The van der Waals surface area contributed by atoms with Crippen molar-refractivity contribution >= 4 is 17.7 Å². The number of alkyl halides is 1. The van der Waals surface area contributed by atoms with E-state index in [4.69, 9.17) is 4.74 Å². The van der Waals surface area contributed by atoms with Crippen LogP contribution in [0.3, 0.4) is 0 Å². The van der Waals surface area contributed by atoms with Crippen molar-refractivity contribution in [2.24, 2.45) is 0 Å². The van der Waals surface area contributed by atoms with Crippen molar-refractivity contribution in [3.05, 3.63) is 41.5 Å². The Hall–Kier alpha value is -2.74. The predicted octanol–water partition coefficient (Wildman–Crippen LogP) is 2.99. The fraction of sp³-hybridized carbons (Fsp3) is 0.560. The van der Waals surface area contributed by atoms with Crippen LogP contribution in [-0.4, -0.2) is 65.5 Å². The van der Waals surface area contributed by atoms with E-state index in [2.05, 4.69) is 23.7 Å². The molecule has 2 heterocycles. The molecule has 7 nitrogen and oxygen atoms in total. The Morgan fingerprint density at radius 2 is 2.09 bits per heavy atom. The molecule has 8 heteroatoms. The fourth-order valence-electron chi connectivity index (χ4n) is 5.22. The number of imide groups is 1. The average molecular weight is 458 g/mol. The van der Waals surface area contributed by atoms with E-state index < -0.39 is 11.9 Å². The van der Waals surface area contributed by atoms with Crippen molar-refractivity contribution in [2.75, 3.05) is 19.8 Å². The number of halogens is 1. The largest absolute Gasteiger partial charge is 0.489 e. The van der Waals surface area contributed by atoms with E-state index >= 15 is 0 Å².